The summed E-state index contributed by atoms with van der Waals surface area (Å²) in [5.74, 6) is -0.252. The summed E-state index contributed by atoms with van der Waals surface area (Å²) in [4.78, 5) is 18.5. The van der Waals surface area contributed by atoms with Gasteiger partial charge in [-0.1, -0.05) is 30.3 Å². The number of anilines is 2. The van der Waals surface area contributed by atoms with Gasteiger partial charge in [-0.25, -0.2) is 18.0 Å². The molecule has 2 aliphatic rings. The Kier molecular flexibility index (Phi) is 7.45. The molecule has 0 N–H and O–H groups in total. The number of para-hydroxylation sites is 1. The van der Waals surface area contributed by atoms with E-state index in [4.69, 9.17) is 0 Å². The van der Waals surface area contributed by atoms with E-state index in [0.29, 0.717) is 37.2 Å². The summed E-state index contributed by atoms with van der Waals surface area (Å²) < 4.78 is 83.8. The fraction of sp³-hybridized carbons (Fsp3) is 0.429. The fourth-order valence-electron chi connectivity index (χ4n) is 5.54. The van der Waals surface area contributed by atoms with E-state index in [9.17, 15) is 31.1 Å². The van der Waals surface area contributed by atoms with Crippen molar-refractivity contribution in [2.45, 2.75) is 64.5 Å². The molecule has 6 nitrogen and oxygen atoms in total. The average Bonchev–Trinajstić information content (AvgIpc) is 3.34. The van der Waals surface area contributed by atoms with Gasteiger partial charge >= 0.3 is 12.2 Å². The summed E-state index contributed by atoms with van der Waals surface area (Å²) in [6, 6.07) is 7.73. The van der Waals surface area contributed by atoms with Gasteiger partial charge in [-0.05, 0) is 49.9 Å². The van der Waals surface area contributed by atoms with Crippen molar-refractivity contribution >= 4 is 17.5 Å². The molecule has 3 heterocycles. The van der Waals surface area contributed by atoms with Gasteiger partial charge in [0.25, 0.3) is 6.43 Å². The molecule has 1 fully saturated rings. The summed E-state index contributed by atoms with van der Waals surface area (Å²) in [5, 5.41) is 4.23. The van der Waals surface area contributed by atoms with Gasteiger partial charge in [-0.2, -0.15) is 18.3 Å². The third kappa shape index (κ3) is 5.23. The van der Waals surface area contributed by atoms with Crippen LogP contribution in [0, 0.1) is 12.7 Å². The van der Waals surface area contributed by atoms with Crippen LogP contribution in [-0.4, -0.2) is 46.3 Å². The van der Waals surface area contributed by atoms with Crippen molar-refractivity contribution in [1.82, 2.24) is 14.7 Å². The lowest BCUT2D eigenvalue weighted by atomic mass is 10.00. The van der Waals surface area contributed by atoms with Crippen molar-refractivity contribution in [1.29, 1.82) is 0 Å². The summed E-state index contributed by atoms with van der Waals surface area (Å²) in [7, 11) is 0. The second-order valence-corrected chi connectivity index (χ2v) is 10.3. The molecular weight excluding hydrogens is 536 g/mol. The molecule has 1 aromatic heterocycles. The third-order valence-electron chi connectivity index (χ3n) is 7.70. The van der Waals surface area contributed by atoms with E-state index in [-0.39, 0.29) is 29.8 Å². The van der Waals surface area contributed by atoms with E-state index >= 15 is 0 Å². The highest BCUT2D eigenvalue weighted by atomic mass is 19.4. The van der Waals surface area contributed by atoms with E-state index in [1.54, 1.807) is 11.0 Å². The Morgan fingerprint density at radius 3 is 2.40 bits per heavy atom. The van der Waals surface area contributed by atoms with E-state index in [1.807, 2.05) is 17.9 Å². The number of amides is 2. The molecule has 2 aliphatic heterocycles. The molecular formula is C28H29F6N5O. The molecule has 1 saturated heterocycles. The summed E-state index contributed by atoms with van der Waals surface area (Å²) in [6.07, 6.45) is -4.92. The van der Waals surface area contributed by atoms with Crippen LogP contribution in [0.3, 0.4) is 0 Å². The molecule has 2 amide bonds. The van der Waals surface area contributed by atoms with E-state index in [1.165, 1.54) is 37.4 Å². The molecule has 0 spiro atoms. The largest absolute Gasteiger partial charge is 0.416 e. The zero-order valence-electron chi connectivity index (χ0n) is 22.0. The zero-order valence-corrected chi connectivity index (χ0v) is 22.0. The third-order valence-corrected chi connectivity index (χ3v) is 7.70. The van der Waals surface area contributed by atoms with Crippen LogP contribution in [0.15, 0.2) is 48.7 Å². The van der Waals surface area contributed by atoms with E-state index in [2.05, 4.69) is 5.10 Å². The maximum absolute atomic E-state index is 14.6. The summed E-state index contributed by atoms with van der Waals surface area (Å²) >= 11 is 0. The van der Waals surface area contributed by atoms with Gasteiger partial charge in [-0.3, -0.25) is 9.58 Å². The van der Waals surface area contributed by atoms with Crippen LogP contribution < -0.4 is 9.80 Å². The Hall–Kier alpha value is -3.70. The molecule has 0 saturated carbocycles. The van der Waals surface area contributed by atoms with Gasteiger partial charge in [-0.15, -0.1) is 0 Å². The van der Waals surface area contributed by atoms with Crippen LogP contribution in [0.5, 0.6) is 0 Å². The van der Waals surface area contributed by atoms with Gasteiger partial charge in [0.2, 0.25) is 0 Å². The van der Waals surface area contributed by atoms with Crippen LogP contribution in [0.2, 0.25) is 0 Å². The number of urea groups is 1. The normalized spacial score (nSPS) is 17.5. The highest BCUT2D eigenvalue weighted by Gasteiger charge is 2.40. The van der Waals surface area contributed by atoms with E-state index in [0.717, 1.165) is 21.2 Å². The van der Waals surface area contributed by atoms with Gasteiger partial charge in [0.1, 0.15) is 11.9 Å². The number of halogens is 6. The van der Waals surface area contributed by atoms with Gasteiger partial charge in [0, 0.05) is 30.9 Å². The number of nitrogens with zero attached hydrogens (tertiary/aromatic N) is 5. The molecule has 3 aromatic rings. The van der Waals surface area contributed by atoms with Crippen LogP contribution >= 0.6 is 0 Å². The Morgan fingerprint density at radius 2 is 1.75 bits per heavy atom. The minimum Gasteiger partial charge on any atom is -0.369 e. The van der Waals surface area contributed by atoms with Crippen molar-refractivity contribution < 1.29 is 31.1 Å². The number of hydrogen-bond acceptors (Lipinski definition) is 3. The lowest BCUT2D eigenvalue weighted by molar-refractivity contribution is -0.138. The number of piperidine rings is 1. The minimum absolute atomic E-state index is 0.0742. The quantitative estimate of drug-likeness (QED) is 0.310. The van der Waals surface area contributed by atoms with Gasteiger partial charge in [0.15, 0.2) is 5.82 Å². The van der Waals surface area contributed by atoms with Crippen LogP contribution in [-0.2, 0) is 19.3 Å². The Morgan fingerprint density at radius 1 is 1.05 bits per heavy atom. The predicted octanol–water partition coefficient (Wildman–Crippen LogP) is 6.79. The number of fused-ring (bicyclic) bond motifs is 1. The first-order valence-electron chi connectivity index (χ1n) is 13.0. The smallest absolute Gasteiger partial charge is 0.369 e. The highest BCUT2D eigenvalue weighted by Crippen LogP contribution is 2.37. The van der Waals surface area contributed by atoms with Crippen molar-refractivity contribution in [3.05, 3.63) is 76.7 Å². The molecule has 2 aromatic carbocycles. The first-order valence-corrected chi connectivity index (χ1v) is 13.0. The first-order chi connectivity index (χ1) is 19.0. The Labute approximate surface area is 227 Å². The summed E-state index contributed by atoms with van der Waals surface area (Å²) in [6.45, 7) is 3.72. The van der Waals surface area contributed by atoms with Crippen molar-refractivity contribution in [3.63, 3.8) is 0 Å². The maximum Gasteiger partial charge on any atom is 0.416 e. The molecule has 40 heavy (non-hydrogen) atoms. The highest BCUT2D eigenvalue weighted by molar-refractivity contribution is 5.94. The summed E-state index contributed by atoms with van der Waals surface area (Å²) in [5.41, 5.74) is 0.782. The lowest BCUT2D eigenvalue weighted by Crippen LogP contribution is -2.54. The Balaban J connectivity index is 1.45. The van der Waals surface area contributed by atoms with Gasteiger partial charge in [0.05, 0.1) is 24.3 Å². The zero-order chi connectivity index (χ0) is 28.8. The van der Waals surface area contributed by atoms with Crippen LogP contribution in [0.4, 0.5) is 42.6 Å². The standard InChI is InChI=1S/C28H29F6N5O/c1-17-6-5-9-23(29)24(17)36-12-10-21(11-13-36)37-15-20-16-39(18(2)25(30)31)35-26(20)38(27(37)40)14-19-7-3-4-8-22(19)28(32,33)34/h3-9,16,18,21,25H,10-15H2,1-2H3. The number of carbonyl (C=O) groups is 1. The first kappa shape index (κ1) is 27.9. The van der Waals surface area contributed by atoms with Crippen LogP contribution in [0.25, 0.3) is 0 Å². The monoisotopic (exact) mass is 565 g/mol. The number of aryl methyl sites for hydroxylation is 1. The number of hydrogen-bond donors (Lipinski definition) is 0. The molecule has 12 heteroatoms. The number of benzene rings is 2. The molecule has 1 atom stereocenters. The average molecular weight is 566 g/mol. The minimum atomic E-state index is -4.64. The molecule has 1 unspecified atom stereocenters. The van der Waals surface area contributed by atoms with Crippen molar-refractivity contribution in [3.8, 4) is 0 Å². The number of alkyl halides is 5. The molecule has 5 rings (SSSR count). The second-order valence-electron chi connectivity index (χ2n) is 10.3. The fourth-order valence-corrected chi connectivity index (χ4v) is 5.54. The SMILES string of the molecule is Cc1cccc(F)c1N1CCC(N2Cc3cn(C(C)C(F)F)nc3N(Cc3ccccc3C(F)(F)F)C2=O)CC1. The Bertz CT molecular complexity index is 1360. The molecule has 0 radical (unpaired) electrons. The topological polar surface area (TPSA) is 44.6 Å². The van der Waals surface area contributed by atoms with Crippen molar-refractivity contribution in [2.75, 3.05) is 22.9 Å². The number of carbonyl (C=O) groups excluding carboxylic acids is 1. The molecule has 0 bridgehead atoms. The van der Waals surface area contributed by atoms with Gasteiger partial charge < -0.3 is 9.80 Å². The molecule has 0 aliphatic carbocycles. The maximum atomic E-state index is 14.6. The van der Waals surface area contributed by atoms with E-state index < -0.39 is 36.8 Å². The van der Waals surface area contributed by atoms with Crippen LogP contribution in [0.1, 0.15) is 48.1 Å². The second kappa shape index (κ2) is 10.7. The predicted molar refractivity (Wildman–Crippen MR) is 138 cm³/mol. The van der Waals surface area contributed by atoms with Crippen molar-refractivity contribution in [2.24, 2.45) is 0 Å². The lowest BCUT2D eigenvalue weighted by Gasteiger charge is -2.43. The molecule has 214 valence electrons. The number of rotatable bonds is 6. The number of aromatic nitrogens is 2.